The summed E-state index contributed by atoms with van der Waals surface area (Å²) >= 11 is 24.0. The maximum Gasteiger partial charge on any atom is 0.363 e. The molecule has 0 aromatic heterocycles. The van der Waals surface area contributed by atoms with Crippen LogP contribution in [0.3, 0.4) is 0 Å². The smallest absolute Gasteiger partial charge is 0.363 e. The lowest BCUT2D eigenvalue weighted by molar-refractivity contribution is -0.129. The average molecular weight is 387 g/mol. The Bertz CT molecular complexity index is 854. The minimum absolute atomic E-state index is 0.0666. The molecule has 3 rings (SSSR count). The van der Waals surface area contributed by atoms with E-state index in [1.807, 2.05) is 0 Å². The minimum atomic E-state index is -0.595. The molecule has 0 amide bonds. The lowest BCUT2D eigenvalue weighted by atomic mass is 10.2. The van der Waals surface area contributed by atoms with Crippen LogP contribution in [0.15, 0.2) is 47.1 Å². The Morgan fingerprint density at radius 2 is 1.61 bits per heavy atom. The fourth-order valence-electron chi connectivity index (χ4n) is 1.98. The van der Waals surface area contributed by atoms with Crippen molar-refractivity contribution in [3.05, 3.63) is 73.3 Å². The zero-order valence-electron chi connectivity index (χ0n) is 11.3. The maximum atomic E-state index is 12.0. The number of cyclic esters (lactones) is 1. The quantitative estimate of drug-likeness (QED) is 0.494. The van der Waals surface area contributed by atoms with Gasteiger partial charge in [-0.05, 0) is 35.9 Å². The normalized spacial score (nSPS) is 15.7. The van der Waals surface area contributed by atoms with Crippen LogP contribution >= 0.6 is 46.4 Å². The SMILES string of the molecule is O=C1OC(c2c(Cl)cccc2Cl)=N/C1=C\c1ccc(Cl)c(Cl)c1. The highest BCUT2D eigenvalue weighted by Crippen LogP contribution is 2.30. The van der Waals surface area contributed by atoms with Crippen LogP contribution in [-0.2, 0) is 9.53 Å². The van der Waals surface area contributed by atoms with E-state index in [-0.39, 0.29) is 11.6 Å². The van der Waals surface area contributed by atoms with E-state index in [4.69, 9.17) is 51.1 Å². The zero-order valence-corrected chi connectivity index (χ0v) is 14.3. The van der Waals surface area contributed by atoms with Crippen LogP contribution in [0.5, 0.6) is 0 Å². The van der Waals surface area contributed by atoms with Gasteiger partial charge in [0.15, 0.2) is 5.70 Å². The lowest BCUT2D eigenvalue weighted by Crippen LogP contribution is -2.06. The summed E-state index contributed by atoms with van der Waals surface area (Å²) in [4.78, 5) is 16.2. The number of hydrogen-bond donors (Lipinski definition) is 0. The third-order valence-corrected chi connectivity index (χ3v) is 4.41. The summed E-state index contributed by atoms with van der Waals surface area (Å²) in [5, 5.41) is 1.50. The van der Waals surface area contributed by atoms with Gasteiger partial charge in [-0.25, -0.2) is 9.79 Å². The fraction of sp³-hybridized carbons (Fsp3) is 0. The molecule has 1 aliphatic rings. The van der Waals surface area contributed by atoms with Crippen LogP contribution in [0.1, 0.15) is 11.1 Å². The first-order valence-electron chi connectivity index (χ1n) is 6.37. The maximum absolute atomic E-state index is 12.0. The third-order valence-electron chi connectivity index (χ3n) is 3.04. The molecule has 0 radical (unpaired) electrons. The second-order valence-electron chi connectivity index (χ2n) is 4.61. The second kappa shape index (κ2) is 6.54. The molecule has 2 aromatic rings. The number of esters is 1. The van der Waals surface area contributed by atoms with Crippen molar-refractivity contribution in [3.8, 4) is 0 Å². The van der Waals surface area contributed by atoms with E-state index in [0.29, 0.717) is 31.2 Å². The van der Waals surface area contributed by atoms with Crippen LogP contribution in [-0.4, -0.2) is 11.9 Å². The van der Waals surface area contributed by atoms with Gasteiger partial charge in [-0.3, -0.25) is 0 Å². The predicted octanol–water partition coefficient (Wildman–Crippen LogP) is 5.64. The van der Waals surface area contributed by atoms with Crippen LogP contribution in [0.25, 0.3) is 6.08 Å². The molecule has 1 heterocycles. The van der Waals surface area contributed by atoms with E-state index in [1.165, 1.54) is 0 Å². The Kier molecular flexibility index (Phi) is 4.64. The number of nitrogens with zero attached hydrogens (tertiary/aromatic N) is 1. The summed E-state index contributed by atoms with van der Waals surface area (Å²) in [6, 6.07) is 9.94. The lowest BCUT2D eigenvalue weighted by Gasteiger charge is -2.04. The van der Waals surface area contributed by atoms with Crippen molar-refractivity contribution in [2.45, 2.75) is 0 Å². The highest BCUT2D eigenvalue weighted by molar-refractivity contribution is 6.42. The molecule has 0 fully saturated rings. The molecule has 1 aliphatic heterocycles. The summed E-state index contributed by atoms with van der Waals surface area (Å²) in [5.41, 5.74) is 1.16. The molecule has 0 N–H and O–H groups in total. The van der Waals surface area contributed by atoms with Crippen LogP contribution in [0, 0.1) is 0 Å². The van der Waals surface area contributed by atoms with E-state index < -0.39 is 5.97 Å². The van der Waals surface area contributed by atoms with E-state index in [2.05, 4.69) is 4.99 Å². The van der Waals surface area contributed by atoms with Crippen molar-refractivity contribution in [1.82, 2.24) is 0 Å². The molecule has 23 heavy (non-hydrogen) atoms. The van der Waals surface area contributed by atoms with Crippen LogP contribution in [0.4, 0.5) is 0 Å². The first-order chi connectivity index (χ1) is 11.0. The first kappa shape index (κ1) is 16.3. The number of carbonyl (C=O) groups is 1. The van der Waals surface area contributed by atoms with Crippen molar-refractivity contribution in [2.75, 3.05) is 0 Å². The number of carbonyl (C=O) groups excluding carboxylic acids is 1. The molecule has 0 aliphatic carbocycles. The Morgan fingerprint density at radius 3 is 2.26 bits per heavy atom. The Balaban J connectivity index is 2.01. The summed E-state index contributed by atoms with van der Waals surface area (Å²) in [6.07, 6.45) is 1.54. The van der Waals surface area contributed by atoms with Crippen molar-refractivity contribution in [1.29, 1.82) is 0 Å². The molecule has 0 saturated carbocycles. The Labute approximate surface area is 152 Å². The monoisotopic (exact) mass is 385 g/mol. The number of rotatable bonds is 2. The first-order valence-corrected chi connectivity index (χ1v) is 7.89. The van der Waals surface area contributed by atoms with Gasteiger partial charge in [-0.2, -0.15) is 0 Å². The molecular formula is C16H7Cl4NO2. The summed E-state index contributed by atoms with van der Waals surface area (Å²) in [6.45, 7) is 0. The van der Waals surface area contributed by atoms with Crippen LogP contribution < -0.4 is 0 Å². The van der Waals surface area contributed by atoms with Gasteiger partial charge in [-0.1, -0.05) is 58.5 Å². The van der Waals surface area contributed by atoms with E-state index in [9.17, 15) is 4.79 Å². The highest BCUT2D eigenvalue weighted by atomic mass is 35.5. The topological polar surface area (TPSA) is 38.7 Å². The molecule has 0 spiro atoms. The predicted molar refractivity (Wildman–Crippen MR) is 93.5 cm³/mol. The second-order valence-corrected chi connectivity index (χ2v) is 6.24. The Morgan fingerprint density at radius 1 is 0.913 bits per heavy atom. The molecule has 0 saturated heterocycles. The molecule has 3 nitrogen and oxygen atoms in total. The van der Waals surface area contributed by atoms with Gasteiger partial charge in [0.1, 0.15) is 0 Å². The van der Waals surface area contributed by atoms with Gasteiger partial charge in [0.25, 0.3) is 0 Å². The van der Waals surface area contributed by atoms with Gasteiger partial charge < -0.3 is 4.74 Å². The average Bonchev–Trinajstić information content (AvgIpc) is 2.83. The summed E-state index contributed by atoms with van der Waals surface area (Å²) in [5.74, 6) is -0.529. The minimum Gasteiger partial charge on any atom is -0.402 e. The van der Waals surface area contributed by atoms with Crippen molar-refractivity contribution in [3.63, 3.8) is 0 Å². The highest BCUT2D eigenvalue weighted by Gasteiger charge is 2.27. The molecule has 116 valence electrons. The number of ether oxygens (including phenoxy) is 1. The summed E-state index contributed by atoms with van der Waals surface area (Å²) < 4.78 is 5.16. The van der Waals surface area contributed by atoms with E-state index in [0.717, 1.165) is 0 Å². The van der Waals surface area contributed by atoms with Crippen LogP contribution in [0.2, 0.25) is 20.1 Å². The Hall–Kier alpha value is -1.52. The number of halogens is 4. The third kappa shape index (κ3) is 3.38. The number of aliphatic imine (C=N–C) groups is 1. The van der Waals surface area contributed by atoms with Crippen molar-refractivity contribution >= 4 is 64.3 Å². The van der Waals surface area contributed by atoms with Gasteiger partial charge in [0.2, 0.25) is 5.90 Å². The van der Waals surface area contributed by atoms with Gasteiger partial charge >= 0.3 is 5.97 Å². The standard InChI is InChI=1S/C16H7Cl4NO2/c17-9-5-4-8(6-12(9)20)7-13-16(22)23-15(21-13)14-10(18)2-1-3-11(14)19/h1-7H/b13-7-. The number of hydrogen-bond acceptors (Lipinski definition) is 3. The van der Waals surface area contributed by atoms with Gasteiger partial charge in [-0.15, -0.1) is 0 Å². The zero-order chi connectivity index (χ0) is 16.6. The summed E-state index contributed by atoms with van der Waals surface area (Å²) in [7, 11) is 0. The number of benzene rings is 2. The van der Waals surface area contributed by atoms with Gasteiger partial charge in [0, 0.05) is 0 Å². The molecule has 0 unspecified atom stereocenters. The van der Waals surface area contributed by atoms with Gasteiger partial charge in [0.05, 0.1) is 25.7 Å². The molecule has 7 heteroatoms. The molecule has 2 aromatic carbocycles. The van der Waals surface area contributed by atoms with Crippen molar-refractivity contribution in [2.24, 2.45) is 4.99 Å². The fourth-order valence-corrected chi connectivity index (χ4v) is 2.84. The van der Waals surface area contributed by atoms with E-state index in [1.54, 1.807) is 42.5 Å². The molecule has 0 atom stereocenters. The van der Waals surface area contributed by atoms with Crippen molar-refractivity contribution < 1.29 is 9.53 Å². The largest absolute Gasteiger partial charge is 0.402 e. The molecular weight excluding hydrogens is 380 g/mol. The molecule has 0 bridgehead atoms. The van der Waals surface area contributed by atoms with E-state index >= 15 is 0 Å².